The second-order valence-electron chi connectivity index (χ2n) is 6.46. The van der Waals surface area contributed by atoms with Gasteiger partial charge in [-0.15, -0.1) is 0 Å². The number of nitrogens with zero attached hydrogens (tertiary/aromatic N) is 1. The van der Waals surface area contributed by atoms with Gasteiger partial charge in [-0.25, -0.2) is 0 Å². The number of hydrogen-bond acceptors (Lipinski definition) is 5. The number of amides is 1. The minimum Gasteiger partial charge on any atom is -0.493 e. The van der Waals surface area contributed by atoms with E-state index in [4.69, 9.17) is 9.47 Å². The lowest BCUT2D eigenvalue weighted by Gasteiger charge is -2.10. The molecule has 2 aromatic carbocycles. The molecule has 1 aromatic heterocycles. The van der Waals surface area contributed by atoms with Crippen molar-refractivity contribution in [2.45, 2.75) is 13.0 Å². The summed E-state index contributed by atoms with van der Waals surface area (Å²) in [6, 6.07) is 19.4. The normalized spacial score (nSPS) is 10.3. The first-order chi connectivity index (χ1) is 14.2. The quantitative estimate of drug-likeness (QED) is 0.582. The molecule has 3 aromatic rings. The third-order valence-electron chi connectivity index (χ3n) is 4.48. The van der Waals surface area contributed by atoms with Crippen LogP contribution in [0, 0.1) is 0 Å². The van der Waals surface area contributed by atoms with E-state index in [1.807, 2.05) is 42.5 Å². The predicted octanol–water partition coefficient (Wildman–Crippen LogP) is 3.68. The van der Waals surface area contributed by atoms with Gasteiger partial charge in [0, 0.05) is 25.0 Å². The molecule has 0 aliphatic heterocycles. The van der Waals surface area contributed by atoms with Gasteiger partial charge in [0.15, 0.2) is 11.5 Å². The third-order valence-corrected chi connectivity index (χ3v) is 4.48. The number of pyridine rings is 1. The van der Waals surface area contributed by atoms with Crippen LogP contribution in [-0.2, 0) is 13.0 Å². The molecule has 3 rings (SSSR count). The predicted molar refractivity (Wildman–Crippen MR) is 114 cm³/mol. The minimum absolute atomic E-state index is 0.200. The van der Waals surface area contributed by atoms with Crippen LogP contribution in [0.15, 0.2) is 66.9 Å². The van der Waals surface area contributed by atoms with Crippen molar-refractivity contribution in [2.24, 2.45) is 0 Å². The average Bonchev–Trinajstić information content (AvgIpc) is 2.78. The number of rotatable bonds is 9. The van der Waals surface area contributed by atoms with Gasteiger partial charge in [0.2, 0.25) is 0 Å². The maximum Gasteiger partial charge on any atom is 0.269 e. The van der Waals surface area contributed by atoms with Crippen LogP contribution in [0.3, 0.4) is 0 Å². The number of aromatic nitrogens is 1. The maximum absolute atomic E-state index is 12.4. The van der Waals surface area contributed by atoms with Crippen LogP contribution < -0.4 is 20.1 Å². The Hall–Kier alpha value is -3.54. The highest BCUT2D eigenvalue weighted by molar-refractivity contribution is 5.93. The van der Waals surface area contributed by atoms with E-state index in [2.05, 4.69) is 27.8 Å². The summed E-state index contributed by atoms with van der Waals surface area (Å²) in [6.45, 7) is 1.18. The highest BCUT2D eigenvalue weighted by atomic mass is 16.5. The molecule has 0 unspecified atom stereocenters. The lowest BCUT2D eigenvalue weighted by atomic mass is 10.1. The highest BCUT2D eigenvalue weighted by Gasteiger charge is 2.09. The lowest BCUT2D eigenvalue weighted by molar-refractivity contribution is 0.0949. The van der Waals surface area contributed by atoms with Crippen LogP contribution in [-0.4, -0.2) is 31.7 Å². The van der Waals surface area contributed by atoms with Crippen molar-refractivity contribution in [1.29, 1.82) is 0 Å². The summed E-state index contributed by atoms with van der Waals surface area (Å²) in [5, 5.41) is 6.23. The van der Waals surface area contributed by atoms with Crippen LogP contribution in [0.4, 0.5) is 5.69 Å². The first kappa shape index (κ1) is 20.2. The fourth-order valence-electron chi connectivity index (χ4n) is 2.91. The van der Waals surface area contributed by atoms with Gasteiger partial charge in [-0.05, 0) is 41.8 Å². The van der Waals surface area contributed by atoms with Gasteiger partial charge >= 0.3 is 0 Å². The van der Waals surface area contributed by atoms with Crippen molar-refractivity contribution < 1.29 is 14.3 Å². The Morgan fingerprint density at radius 1 is 0.931 bits per heavy atom. The molecule has 0 saturated heterocycles. The topological polar surface area (TPSA) is 72.5 Å². The van der Waals surface area contributed by atoms with E-state index in [0.717, 1.165) is 11.3 Å². The summed E-state index contributed by atoms with van der Waals surface area (Å²) in [5.41, 5.74) is 3.46. The molecule has 6 heteroatoms. The molecular formula is C23H25N3O3. The van der Waals surface area contributed by atoms with Crippen LogP contribution in [0.1, 0.15) is 21.6 Å². The zero-order valence-electron chi connectivity index (χ0n) is 16.6. The molecule has 1 amide bonds. The first-order valence-electron chi connectivity index (χ1n) is 9.42. The number of nitrogens with one attached hydrogen (secondary N) is 2. The summed E-state index contributed by atoms with van der Waals surface area (Å²) in [7, 11) is 3.21. The summed E-state index contributed by atoms with van der Waals surface area (Å²) in [6.07, 6.45) is 2.31. The first-order valence-corrected chi connectivity index (χ1v) is 9.42. The Bertz CT molecular complexity index is 945. The number of hydrogen-bond donors (Lipinski definition) is 2. The van der Waals surface area contributed by atoms with Gasteiger partial charge in [0.1, 0.15) is 5.69 Å². The zero-order chi connectivity index (χ0) is 20.5. The molecule has 6 nitrogen and oxygen atoms in total. The van der Waals surface area contributed by atoms with Crippen molar-refractivity contribution in [2.75, 3.05) is 26.1 Å². The smallest absolute Gasteiger partial charge is 0.269 e. The number of anilines is 1. The molecule has 0 saturated carbocycles. The van der Waals surface area contributed by atoms with Crippen LogP contribution in [0.2, 0.25) is 0 Å². The molecule has 29 heavy (non-hydrogen) atoms. The van der Waals surface area contributed by atoms with Gasteiger partial charge in [-0.3, -0.25) is 9.78 Å². The Labute approximate surface area is 170 Å². The molecular weight excluding hydrogens is 366 g/mol. The van der Waals surface area contributed by atoms with E-state index in [-0.39, 0.29) is 5.91 Å². The minimum atomic E-state index is -0.200. The molecule has 150 valence electrons. The van der Waals surface area contributed by atoms with Crippen molar-refractivity contribution in [3.8, 4) is 11.5 Å². The lowest BCUT2D eigenvalue weighted by Crippen LogP contribution is -2.26. The van der Waals surface area contributed by atoms with Gasteiger partial charge < -0.3 is 20.1 Å². The largest absolute Gasteiger partial charge is 0.493 e. The zero-order valence-corrected chi connectivity index (χ0v) is 16.6. The van der Waals surface area contributed by atoms with Gasteiger partial charge in [-0.2, -0.15) is 0 Å². The van der Waals surface area contributed by atoms with Crippen LogP contribution >= 0.6 is 0 Å². The van der Waals surface area contributed by atoms with Crippen molar-refractivity contribution in [3.63, 3.8) is 0 Å². The highest BCUT2D eigenvalue weighted by Crippen LogP contribution is 2.27. The summed E-state index contributed by atoms with van der Waals surface area (Å²) in [4.78, 5) is 16.6. The number of carbonyl (C=O) groups is 1. The molecule has 2 N–H and O–H groups in total. The van der Waals surface area contributed by atoms with E-state index in [9.17, 15) is 4.79 Å². The second kappa shape index (κ2) is 10.1. The second-order valence-corrected chi connectivity index (χ2v) is 6.46. The fourth-order valence-corrected chi connectivity index (χ4v) is 2.91. The Morgan fingerprint density at radius 2 is 1.72 bits per heavy atom. The van der Waals surface area contributed by atoms with Gasteiger partial charge in [-0.1, -0.05) is 36.4 Å². The molecule has 0 aliphatic carbocycles. The number of carbonyl (C=O) groups excluding carboxylic acids is 1. The number of methoxy groups -OCH3 is 2. The fraction of sp³-hybridized carbons (Fsp3) is 0.217. The molecule has 0 bridgehead atoms. The standard InChI is InChI=1S/C23H25N3O3/c1-28-21-9-8-17(14-22(21)29-2)10-12-25-23(27)20-15-19(11-13-24-20)26-16-18-6-4-3-5-7-18/h3-9,11,13-15H,10,12,16H2,1-2H3,(H,24,26)(H,25,27). The Balaban J connectivity index is 1.53. The molecule has 0 spiro atoms. The van der Waals surface area contributed by atoms with E-state index < -0.39 is 0 Å². The molecule has 0 fully saturated rings. The van der Waals surface area contributed by atoms with Gasteiger partial charge in [0.25, 0.3) is 5.91 Å². The average molecular weight is 391 g/mol. The SMILES string of the molecule is COc1ccc(CCNC(=O)c2cc(NCc3ccccc3)ccn2)cc1OC. The van der Waals surface area contributed by atoms with E-state index >= 15 is 0 Å². The van der Waals surface area contributed by atoms with Gasteiger partial charge in [0.05, 0.1) is 14.2 Å². The maximum atomic E-state index is 12.4. The van der Waals surface area contributed by atoms with Crippen molar-refractivity contribution >= 4 is 11.6 Å². The summed E-state index contributed by atoms with van der Waals surface area (Å²) < 4.78 is 10.6. The third kappa shape index (κ3) is 5.72. The van der Waals surface area contributed by atoms with E-state index in [1.54, 1.807) is 26.5 Å². The summed E-state index contributed by atoms with van der Waals surface area (Å²) >= 11 is 0. The van der Waals surface area contributed by atoms with Crippen LogP contribution in [0.5, 0.6) is 11.5 Å². The Morgan fingerprint density at radius 3 is 2.48 bits per heavy atom. The monoisotopic (exact) mass is 391 g/mol. The molecule has 0 aliphatic rings. The Kier molecular flexibility index (Phi) is 7.05. The molecule has 1 heterocycles. The van der Waals surface area contributed by atoms with Crippen molar-refractivity contribution in [3.05, 3.63) is 83.7 Å². The van der Waals surface area contributed by atoms with E-state index in [0.29, 0.717) is 36.7 Å². The molecule has 0 radical (unpaired) electrons. The number of benzene rings is 2. The van der Waals surface area contributed by atoms with E-state index in [1.165, 1.54) is 5.56 Å². The van der Waals surface area contributed by atoms with Crippen LogP contribution in [0.25, 0.3) is 0 Å². The number of ether oxygens (including phenoxy) is 2. The summed E-state index contributed by atoms with van der Waals surface area (Å²) in [5.74, 6) is 1.16. The molecule has 0 atom stereocenters. The van der Waals surface area contributed by atoms with Crippen molar-refractivity contribution in [1.82, 2.24) is 10.3 Å².